The Bertz CT molecular complexity index is 638. The molecular weight excluding hydrogens is 314 g/mol. The lowest BCUT2D eigenvalue weighted by molar-refractivity contribution is -0.143. The van der Waals surface area contributed by atoms with Crippen LogP contribution < -0.4 is 5.32 Å². The molecule has 4 heteroatoms. The van der Waals surface area contributed by atoms with Crippen LogP contribution in [0, 0.1) is 0 Å². The van der Waals surface area contributed by atoms with Crippen molar-refractivity contribution < 1.29 is 9.53 Å². The Morgan fingerprint density at radius 3 is 2.04 bits per heavy atom. The zero-order valence-electron chi connectivity index (χ0n) is 15.0. The van der Waals surface area contributed by atoms with Crippen molar-refractivity contribution in [1.82, 2.24) is 5.32 Å². The predicted molar refractivity (Wildman–Crippen MR) is 102 cm³/mol. The van der Waals surface area contributed by atoms with Gasteiger partial charge in [-0.1, -0.05) is 80.3 Å². The van der Waals surface area contributed by atoms with Crippen LogP contribution in [0.2, 0.25) is 19.6 Å². The number of hydrogen-bond donors (Lipinski definition) is 1. The van der Waals surface area contributed by atoms with E-state index in [2.05, 4.69) is 49.2 Å². The molecule has 0 aliphatic carbocycles. The molecule has 24 heavy (non-hydrogen) atoms. The highest BCUT2D eigenvalue weighted by Gasteiger charge is 2.32. The molecule has 0 spiro atoms. The fourth-order valence-corrected chi connectivity index (χ4v) is 4.79. The lowest BCUT2D eigenvalue weighted by atomic mass is 10.1. The molecule has 1 unspecified atom stereocenters. The number of benzene rings is 2. The van der Waals surface area contributed by atoms with E-state index < -0.39 is 8.07 Å². The summed E-state index contributed by atoms with van der Waals surface area (Å²) in [6, 6.07) is 20.1. The van der Waals surface area contributed by atoms with Crippen LogP contribution in [0.5, 0.6) is 0 Å². The predicted octanol–water partition coefficient (Wildman–Crippen LogP) is 3.98. The van der Waals surface area contributed by atoms with E-state index in [-0.39, 0.29) is 17.7 Å². The van der Waals surface area contributed by atoms with Crippen LogP contribution in [0.4, 0.5) is 0 Å². The van der Waals surface area contributed by atoms with Gasteiger partial charge in [-0.05, 0) is 17.5 Å². The second kappa shape index (κ2) is 8.26. The maximum absolute atomic E-state index is 12.3. The first-order valence-corrected chi connectivity index (χ1v) is 11.9. The number of esters is 1. The molecule has 0 aliphatic rings. The van der Waals surface area contributed by atoms with Crippen LogP contribution in [0.15, 0.2) is 60.7 Å². The Hall–Kier alpha value is -1.91. The van der Waals surface area contributed by atoms with Gasteiger partial charge >= 0.3 is 5.97 Å². The van der Waals surface area contributed by atoms with Crippen LogP contribution >= 0.6 is 0 Å². The van der Waals surface area contributed by atoms with Gasteiger partial charge in [0.2, 0.25) is 0 Å². The quantitative estimate of drug-likeness (QED) is 0.611. The lowest BCUT2D eigenvalue weighted by Gasteiger charge is -2.33. The third kappa shape index (κ3) is 5.04. The van der Waals surface area contributed by atoms with E-state index in [0.717, 1.165) is 5.56 Å². The Balaban J connectivity index is 2.26. The highest BCUT2D eigenvalue weighted by Crippen LogP contribution is 2.25. The highest BCUT2D eigenvalue weighted by atomic mass is 28.3. The van der Waals surface area contributed by atoms with Gasteiger partial charge in [-0.3, -0.25) is 10.1 Å². The number of methoxy groups -OCH3 is 1. The Labute approximate surface area is 146 Å². The number of carbonyl (C=O) groups excluding carboxylic acids is 1. The maximum Gasteiger partial charge on any atom is 0.323 e. The van der Waals surface area contributed by atoms with Gasteiger partial charge in [-0.25, -0.2) is 0 Å². The van der Waals surface area contributed by atoms with Gasteiger partial charge in [0.15, 0.2) is 0 Å². The number of ether oxygens (including phenoxy) is 1. The van der Waals surface area contributed by atoms with Gasteiger partial charge in [-0.2, -0.15) is 0 Å². The van der Waals surface area contributed by atoms with Crippen molar-refractivity contribution in [2.24, 2.45) is 0 Å². The summed E-state index contributed by atoms with van der Waals surface area (Å²) in [7, 11) is -0.133. The van der Waals surface area contributed by atoms with Crippen molar-refractivity contribution in [3.63, 3.8) is 0 Å². The zero-order valence-corrected chi connectivity index (χ0v) is 16.0. The number of carbonyl (C=O) groups is 1. The molecule has 0 saturated carbocycles. The first kappa shape index (κ1) is 18.4. The molecule has 2 aromatic carbocycles. The van der Waals surface area contributed by atoms with Crippen molar-refractivity contribution in [3.8, 4) is 0 Å². The van der Waals surface area contributed by atoms with Crippen molar-refractivity contribution >= 4 is 14.0 Å². The minimum absolute atomic E-state index is 0.187. The molecule has 0 radical (unpaired) electrons. The van der Waals surface area contributed by atoms with E-state index in [4.69, 9.17) is 4.74 Å². The van der Waals surface area contributed by atoms with E-state index in [0.29, 0.717) is 6.42 Å². The molecule has 2 rings (SSSR count). The van der Waals surface area contributed by atoms with Crippen LogP contribution in [-0.4, -0.2) is 27.2 Å². The summed E-state index contributed by atoms with van der Waals surface area (Å²) in [5.74, 6) is -0.210. The van der Waals surface area contributed by atoms with E-state index >= 15 is 0 Å². The zero-order chi connectivity index (χ0) is 17.6. The second-order valence-electron chi connectivity index (χ2n) is 7.14. The average Bonchev–Trinajstić information content (AvgIpc) is 2.58. The molecule has 0 heterocycles. The van der Waals surface area contributed by atoms with Gasteiger partial charge in [-0.15, -0.1) is 0 Å². The largest absolute Gasteiger partial charge is 0.468 e. The molecular formula is C20H27NO2Si. The lowest BCUT2D eigenvalue weighted by Crippen LogP contribution is -2.49. The van der Waals surface area contributed by atoms with Crippen molar-refractivity contribution in [2.75, 3.05) is 7.11 Å². The molecule has 0 saturated heterocycles. The van der Waals surface area contributed by atoms with Crippen molar-refractivity contribution in [3.05, 3.63) is 71.8 Å². The summed E-state index contributed by atoms with van der Waals surface area (Å²) >= 11 is 0. The van der Waals surface area contributed by atoms with Gasteiger partial charge in [0, 0.05) is 5.67 Å². The van der Waals surface area contributed by atoms with E-state index in [1.54, 1.807) is 0 Å². The summed E-state index contributed by atoms with van der Waals surface area (Å²) in [6.45, 7) is 6.94. The minimum Gasteiger partial charge on any atom is -0.468 e. The minimum atomic E-state index is -1.58. The van der Waals surface area contributed by atoms with Crippen LogP contribution in [0.25, 0.3) is 0 Å². The SMILES string of the molecule is COC(=O)[C@H](Cc1ccccc1)NC(c1ccccc1)[Si](C)(C)C. The van der Waals surface area contributed by atoms with Gasteiger partial charge in [0.05, 0.1) is 15.2 Å². The fraction of sp³-hybridized carbons (Fsp3) is 0.350. The summed E-state index contributed by atoms with van der Waals surface area (Å²) in [6.07, 6.45) is 0.626. The molecule has 0 amide bonds. The molecule has 2 aromatic rings. The topological polar surface area (TPSA) is 38.3 Å². The summed E-state index contributed by atoms with van der Waals surface area (Å²) in [5.41, 5.74) is 2.55. The molecule has 0 aliphatic heterocycles. The third-order valence-corrected chi connectivity index (χ3v) is 6.37. The summed E-state index contributed by atoms with van der Waals surface area (Å²) < 4.78 is 5.05. The summed E-state index contributed by atoms with van der Waals surface area (Å²) in [5, 5.41) is 3.60. The fourth-order valence-electron chi connectivity index (χ4n) is 2.90. The maximum atomic E-state index is 12.3. The van der Waals surface area contributed by atoms with Crippen LogP contribution in [0.1, 0.15) is 16.8 Å². The average molecular weight is 342 g/mol. The molecule has 128 valence electrons. The molecule has 0 aromatic heterocycles. The molecule has 0 bridgehead atoms. The number of hydrogen-bond acceptors (Lipinski definition) is 3. The number of nitrogens with one attached hydrogen (secondary N) is 1. The smallest absolute Gasteiger partial charge is 0.323 e. The molecule has 2 atom stereocenters. The van der Waals surface area contributed by atoms with Crippen molar-refractivity contribution in [2.45, 2.75) is 37.8 Å². The number of rotatable bonds is 7. The van der Waals surface area contributed by atoms with Gasteiger partial charge < -0.3 is 4.74 Å². The molecule has 1 N–H and O–H groups in total. The Kier molecular flexibility index (Phi) is 6.34. The first-order valence-electron chi connectivity index (χ1n) is 8.34. The van der Waals surface area contributed by atoms with Crippen LogP contribution in [0.3, 0.4) is 0 Å². The van der Waals surface area contributed by atoms with E-state index in [1.165, 1.54) is 12.7 Å². The van der Waals surface area contributed by atoms with E-state index in [9.17, 15) is 4.79 Å². The second-order valence-corrected chi connectivity index (χ2v) is 12.5. The normalized spacial score (nSPS) is 14.0. The summed E-state index contributed by atoms with van der Waals surface area (Å²) in [4.78, 5) is 12.3. The van der Waals surface area contributed by atoms with E-state index in [1.807, 2.05) is 36.4 Å². The van der Waals surface area contributed by atoms with Crippen LogP contribution in [-0.2, 0) is 16.0 Å². The highest BCUT2D eigenvalue weighted by molar-refractivity contribution is 6.77. The molecule has 0 fully saturated rings. The standard InChI is InChI=1S/C20H27NO2Si/c1-23-20(22)18(15-16-11-7-5-8-12-16)21-19(24(2,3)4)17-13-9-6-10-14-17/h5-14,18-19,21H,15H2,1-4H3/t18-,19?/m0/s1. The Morgan fingerprint density at radius 1 is 1.00 bits per heavy atom. The first-order chi connectivity index (χ1) is 11.4. The third-order valence-electron chi connectivity index (χ3n) is 4.14. The van der Waals surface area contributed by atoms with Gasteiger partial charge in [0.25, 0.3) is 0 Å². The molecule has 3 nitrogen and oxygen atoms in total. The van der Waals surface area contributed by atoms with Crippen molar-refractivity contribution in [1.29, 1.82) is 0 Å². The Morgan fingerprint density at radius 2 is 1.54 bits per heavy atom. The van der Waals surface area contributed by atoms with Gasteiger partial charge in [0.1, 0.15) is 6.04 Å². The monoisotopic (exact) mass is 341 g/mol.